The zero-order valence-corrected chi connectivity index (χ0v) is 16.5. The fourth-order valence-corrected chi connectivity index (χ4v) is 2.46. The molecule has 0 spiro atoms. The Balaban J connectivity index is 0.000000433. The number of aliphatic carboxylic acids is 1. The van der Waals surface area contributed by atoms with Crippen molar-refractivity contribution in [3.63, 3.8) is 0 Å². The van der Waals surface area contributed by atoms with E-state index in [-0.39, 0.29) is 6.61 Å². The number of carbonyl (C=O) groups is 2. The molecule has 1 aromatic carbocycles. The van der Waals surface area contributed by atoms with Crippen LogP contribution in [0.25, 0.3) is 0 Å². The standard InChI is InChI=1S/C14H19NO5.C6H13N/c1-14(2,3)20-13(18)15(9-12(16)17)19-10-11-7-5-4-6-8-11;7-6-4-2-1-3-5-6/h4-8H,9-10H2,1-3H3,(H,16,17);6H,1-5,7H2. The van der Waals surface area contributed by atoms with Crippen molar-refractivity contribution in [2.45, 2.75) is 71.1 Å². The van der Waals surface area contributed by atoms with Crippen molar-refractivity contribution < 1.29 is 24.3 Å². The lowest BCUT2D eigenvalue weighted by atomic mass is 9.97. The molecule has 0 aromatic heterocycles. The van der Waals surface area contributed by atoms with Crippen molar-refractivity contribution in [1.29, 1.82) is 0 Å². The van der Waals surface area contributed by atoms with Crippen LogP contribution in [0.3, 0.4) is 0 Å². The minimum Gasteiger partial charge on any atom is -0.480 e. The number of amides is 1. The van der Waals surface area contributed by atoms with E-state index in [9.17, 15) is 9.59 Å². The van der Waals surface area contributed by atoms with E-state index in [1.54, 1.807) is 20.8 Å². The largest absolute Gasteiger partial charge is 0.480 e. The lowest BCUT2D eigenvalue weighted by Gasteiger charge is -2.25. The Morgan fingerprint density at radius 2 is 1.74 bits per heavy atom. The highest BCUT2D eigenvalue weighted by Crippen LogP contribution is 2.15. The van der Waals surface area contributed by atoms with Gasteiger partial charge in [0.1, 0.15) is 18.8 Å². The quantitative estimate of drug-likeness (QED) is 0.755. The first-order valence-corrected chi connectivity index (χ1v) is 9.32. The number of hydroxylamine groups is 2. The number of nitrogens with zero attached hydrogens (tertiary/aromatic N) is 1. The number of hydrogen-bond acceptors (Lipinski definition) is 5. The van der Waals surface area contributed by atoms with Gasteiger partial charge in [-0.1, -0.05) is 49.6 Å². The average Bonchev–Trinajstić information content (AvgIpc) is 2.59. The van der Waals surface area contributed by atoms with Crippen LogP contribution in [-0.2, 0) is 21.0 Å². The van der Waals surface area contributed by atoms with Crippen molar-refractivity contribution in [2.75, 3.05) is 6.54 Å². The summed E-state index contributed by atoms with van der Waals surface area (Å²) in [7, 11) is 0. The molecule has 0 heterocycles. The second-order valence-corrected chi connectivity index (χ2v) is 7.57. The first-order valence-electron chi connectivity index (χ1n) is 9.32. The molecule has 1 aliphatic carbocycles. The summed E-state index contributed by atoms with van der Waals surface area (Å²) < 4.78 is 5.09. The van der Waals surface area contributed by atoms with E-state index >= 15 is 0 Å². The van der Waals surface area contributed by atoms with Crippen LogP contribution in [0.2, 0.25) is 0 Å². The van der Waals surface area contributed by atoms with Crippen molar-refractivity contribution >= 4 is 12.1 Å². The molecule has 0 atom stereocenters. The van der Waals surface area contributed by atoms with Crippen LogP contribution >= 0.6 is 0 Å². The molecule has 7 nitrogen and oxygen atoms in total. The highest BCUT2D eigenvalue weighted by atomic mass is 16.7. The van der Waals surface area contributed by atoms with Crippen LogP contribution < -0.4 is 5.73 Å². The number of hydrogen-bond donors (Lipinski definition) is 2. The highest BCUT2D eigenvalue weighted by molar-refractivity contribution is 5.76. The van der Waals surface area contributed by atoms with Crippen LogP contribution in [0.15, 0.2) is 30.3 Å². The Hall–Kier alpha value is -2.12. The molecule has 152 valence electrons. The molecule has 1 aliphatic rings. The lowest BCUT2D eigenvalue weighted by molar-refractivity contribution is -0.173. The summed E-state index contributed by atoms with van der Waals surface area (Å²) in [6.07, 6.45) is 5.84. The minimum absolute atomic E-state index is 0.0906. The third-order valence-electron chi connectivity index (χ3n) is 3.76. The molecule has 0 radical (unpaired) electrons. The molecule has 0 saturated heterocycles. The summed E-state index contributed by atoms with van der Waals surface area (Å²) >= 11 is 0. The van der Waals surface area contributed by atoms with Gasteiger partial charge in [-0.3, -0.25) is 9.63 Å². The van der Waals surface area contributed by atoms with Gasteiger partial charge in [-0.2, -0.15) is 5.06 Å². The zero-order chi connectivity index (χ0) is 20.3. The van der Waals surface area contributed by atoms with Gasteiger partial charge in [-0.25, -0.2) is 4.79 Å². The summed E-state index contributed by atoms with van der Waals surface area (Å²) in [5.41, 5.74) is 5.74. The maximum Gasteiger partial charge on any atom is 0.435 e. The van der Waals surface area contributed by atoms with Crippen molar-refractivity contribution in [3.8, 4) is 0 Å². The fourth-order valence-electron chi connectivity index (χ4n) is 2.46. The van der Waals surface area contributed by atoms with Gasteiger partial charge in [0.2, 0.25) is 0 Å². The lowest BCUT2D eigenvalue weighted by Crippen LogP contribution is -2.39. The summed E-state index contributed by atoms with van der Waals surface area (Å²) in [6, 6.07) is 9.67. The van der Waals surface area contributed by atoms with Gasteiger partial charge >= 0.3 is 12.1 Å². The van der Waals surface area contributed by atoms with Crippen LogP contribution in [-0.4, -0.2) is 40.4 Å². The van der Waals surface area contributed by atoms with E-state index in [4.69, 9.17) is 20.4 Å². The molecular formula is C20H32N2O5. The van der Waals surface area contributed by atoms with Gasteiger partial charge in [0.05, 0.1) is 0 Å². The number of carboxylic acid groups (broad SMARTS) is 1. The van der Waals surface area contributed by atoms with Gasteiger partial charge in [-0.15, -0.1) is 0 Å². The van der Waals surface area contributed by atoms with E-state index in [0.29, 0.717) is 11.1 Å². The smallest absolute Gasteiger partial charge is 0.435 e. The van der Waals surface area contributed by atoms with Crippen LogP contribution in [0, 0.1) is 0 Å². The molecule has 2 rings (SSSR count). The first-order chi connectivity index (χ1) is 12.7. The van der Waals surface area contributed by atoms with Gasteiger partial charge in [0.25, 0.3) is 0 Å². The number of rotatable bonds is 5. The Morgan fingerprint density at radius 1 is 1.15 bits per heavy atom. The van der Waals surface area contributed by atoms with Crippen LogP contribution in [0.1, 0.15) is 58.4 Å². The molecule has 27 heavy (non-hydrogen) atoms. The Kier molecular flexibility index (Phi) is 9.82. The predicted molar refractivity (Wildman–Crippen MR) is 103 cm³/mol. The van der Waals surface area contributed by atoms with E-state index in [1.807, 2.05) is 30.3 Å². The highest BCUT2D eigenvalue weighted by Gasteiger charge is 2.24. The van der Waals surface area contributed by atoms with E-state index in [0.717, 1.165) is 5.56 Å². The zero-order valence-electron chi connectivity index (χ0n) is 16.5. The Morgan fingerprint density at radius 3 is 2.19 bits per heavy atom. The van der Waals surface area contributed by atoms with Crippen molar-refractivity contribution in [3.05, 3.63) is 35.9 Å². The Bertz CT molecular complexity index is 565. The number of ether oxygens (including phenoxy) is 1. The molecule has 0 aliphatic heterocycles. The molecule has 1 fully saturated rings. The topological polar surface area (TPSA) is 102 Å². The minimum atomic E-state index is -1.18. The molecule has 3 N–H and O–H groups in total. The molecule has 1 aromatic rings. The molecule has 0 unspecified atom stereocenters. The third kappa shape index (κ3) is 11.2. The average molecular weight is 380 g/mol. The molecule has 7 heteroatoms. The summed E-state index contributed by atoms with van der Waals surface area (Å²) in [6.45, 7) is 4.60. The summed E-state index contributed by atoms with van der Waals surface area (Å²) in [4.78, 5) is 27.8. The molecular weight excluding hydrogens is 348 g/mol. The van der Waals surface area contributed by atoms with Crippen molar-refractivity contribution in [2.24, 2.45) is 5.73 Å². The van der Waals surface area contributed by atoms with Crippen LogP contribution in [0.4, 0.5) is 4.79 Å². The number of carboxylic acids is 1. The normalized spacial score (nSPS) is 14.7. The fraction of sp³-hybridized carbons (Fsp3) is 0.600. The second-order valence-electron chi connectivity index (χ2n) is 7.57. The number of benzene rings is 1. The van der Waals surface area contributed by atoms with E-state index < -0.39 is 24.2 Å². The maximum absolute atomic E-state index is 11.8. The van der Waals surface area contributed by atoms with E-state index in [2.05, 4.69) is 0 Å². The van der Waals surface area contributed by atoms with Crippen molar-refractivity contribution in [1.82, 2.24) is 5.06 Å². The monoisotopic (exact) mass is 380 g/mol. The second kappa shape index (κ2) is 11.6. The van der Waals surface area contributed by atoms with Gasteiger partial charge in [0.15, 0.2) is 0 Å². The third-order valence-corrected chi connectivity index (χ3v) is 3.76. The first kappa shape index (κ1) is 22.9. The van der Waals surface area contributed by atoms with Gasteiger partial charge in [-0.05, 0) is 39.2 Å². The molecule has 1 saturated carbocycles. The number of carbonyl (C=O) groups excluding carboxylic acids is 1. The Labute approximate surface area is 161 Å². The summed E-state index contributed by atoms with van der Waals surface area (Å²) in [5.74, 6) is -1.18. The van der Waals surface area contributed by atoms with Gasteiger partial charge in [0, 0.05) is 6.04 Å². The predicted octanol–water partition coefficient (Wildman–Crippen LogP) is 3.72. The van der Waals surface area contributed by atoms with Gasteiger partial charge < -0.3 is 15.6 Å². The molecule has 0 bridgehead atoms. The number of nitrogens with two attached hydrogens (primary N) is 1. The summed E-state index contributed by atoms with van der Waals surface area (Å²) in [5, 5.41) is 9.51. The SMILES string of the molecule is CC(C)(C)OC(=O)N(CC(=O)O)OCc1ccccc1.NC1CCCCC1. The van der Waals surface area contributed by atoms with E-state index in [1.165, 1.54) is 32.1 Å². The van der Waals surface area contributed by atoms with Crippen LogP contribution in [0.5, 0.6) is 0 Å². The molecule has 1 amide bonds. The maximum atomic E-state index is 11.8.